The van der Waals surface area contributed by atoms with Crippen LogP contribution < -0.4 is 5.69 Å². The molecule has 244 valence electrons. The number of carbonyl (C=O) groups is 2. The highest BCUT2D eigenvalue weighted by Crippen LogP contribution is 2.50. The lowest BCUT2D eigenvalue weighted by atomic mass is 10.1. The second kappa shape index (κ2) is 16.9. The maximum atomic E-state index is 16.3. The van der Waals surface area contributed by atoms with Crippen molar-refractivity contribution in [3.05, 3.63) is 100 Å². The van der Waals surface area contributed by atoms with E-state index in [1.165, 1.54) is 12.3 Å². The number of hydrogen-bond acceptors (Lipinski definition) is 10. The molecule has 0 spiro atoms. The number of rotatable bonds is 15. The predicted octanol–water partition coefficient (Wildman–Crippen LogP) is 6.14. The van der Waals surface area contributed by atoms with Crippen LogP contribution in [0.3, 0.4) is 0 Å². The molecular formula is C33H38FN4O6PS. The third-order valence-electron chi connectivity index (χ3n) is 7.13. The molecule has 0 aliphatic carbocycles. The monoisotopic (exact) mass is 668 g/mol. The number of thioether (sulfide) groups is 1. The number of ether oxygens (including phenoxy) is 1. The molecule has 1 fully saturated rings. The molecule has 0 amide bonds. The molecule has 2 aromatic carbocycles. The highest BCUT2D eigenvalue weighted by Gasteiger charge is 2.49. The number of hydrogen-bond donors (Lipinski definition) is 0. The van der Waals surface area contributed by atoms with Crippen molar-refractivity contribution in [3.8, 4) is 6.07 Å². The molecule has 0 N–H and O–H groups in total. The smallest absolute Gasteiger partial charge is 0.348 e. The molecule has 3 aromatic rings. The Morgan fingerprint density at radius 3 is 2.24 bits per heavy atom. The van der Waals surface area contributed by atoms with Crippen LogP contribution in [0.15, 0.2) is 77.7 Å². The van der Waals surface area contributed by atoms with Crippen LogP contribution in [0.2, 0.25) is 0 Å². The molecule has 5 atom stereocenters. The minimum Gasteiger partial charge on any atom is -0.454 e. The molecule has 0 saturated carbocycles. The number of alkyl halides is 1. The number of benzene rings is 2. The van der Waals surface area contributed by atoms with Gasteiger partial charge in [-0.1, -0.05) is 48.5 Å². The van der Waals surface area contributed by atoms with Crippen molar-refractivity contribution < 1.29 is 27.8 Å². The number of nitrogens with zero attached hydrogens (tertiary/aromatic N) is 4. The van der Waals surface area contributed by atoms with Crippen molar-refractivity contribution in [3.63, 3.8) is 0 Å². The van der Waals surface area contributed by atoms with Crippen LogP contribution in [0.5, 0.6) is 0 Å². The van der Waals surface area contributed by atoms with Gasteiger partial charge >= 0.3 is 11.7 Å². The second-order valence-electron chi connectivity index (χ2n) is 11.2. The van der Waals surface area contributed by atoms with Gasteiger partial charge in [-0.3, -0.25) is 9.36 Å². The normalized spacial score (nSPS) is 20.2. The summed E-state index contributed by atoms with van der Waals surface area (Å²) in [6, 6.07) is 20.7. The zero-order valence-electron chi connectivity index (χ0n) is 26.2. The summed E-state index contributed by atoms with van der Waals surface area (Å²) in [5.41, 5.74) is 0.311. The fourth-order valence-corrected chi connectivity index (χ4v) is 8.23. The van der Waals surface area contributed by atoms with Gasteiger partial charge in [-0.15, -0.1) is 11.8 Å². The maximum Gasteiger partial charge on any atom is 0.348 e. The summed E-state index contributed by atoms with van der Waals surface area (Å²) in [7, 11) is -1.64. The second-order valence-corrected chi connectivity index (χ2v) is 14.0. The quantitative estimate of drug-likeness (QED) is 0.0808. The van der Waals surface area contributed by atoms with Gasteiger partial charge in [0.1, 0.15) is 5.37 Å². The van der Waals surface area contributed by atoms with E-state index >= 15 is 4.39 Å². The van der Waals surface area contributed by atoms with Gasteiger partial charge in [0.25, 0.3) is 8.53 Å². The van der Waals surface area contributed by atoms with Gasteiger partial charge in [0, 0.05) is 23.8 Å². The molecule has 46 heavy (non-hydrogen) atoms. The first-order valence-electron chi connectivity index (χ1n) is 15.0. The van der Waals surface area contributed by atoms with Gasteiger partial charge in [-0.05, 0) is 45.9 Å². The van der Waals surface area contributed by atoms with Gasteiger partial charge in [0.05, 0.1) is 48.6 Å². The first-order chi connectivity index (χ1) is 22.1. The van der Waals surface area contributed by atoms with Gasteiger partial charge in [0.15, 0.2) is 18.1 Å². The fraction of sp³-hybridized carbons (Fsp3) is 0.424. The van der Waals surface area contributed by atoms with E-state index in [1.54, 1.807) is 60.7 Å². The number of ketones is 1. The highest BCUT2D eigenvalue weighted by atomic mass is 32.2. The van der Waals surface area contributed by atoms with Crippen LogP contribution in [0, 0.1) is 11.3 Å². The average Bonchev–Trinajstić information content (AvgIpc) is 3.34. The number of nitriles is 1. The average molecular weight is 669 g/mol. The zero-order valence-corrected chi connectivity index (χ0v) is 27.9. The molecule has 0 bridgehead atoms. The summed E-state index contributed by atoms with van der Waals surface area (Å²) >= 11 is 1.11. The molecule has 10 nitrogen and oxygen atoms in total. The number of aromatic nitrogens is 2. The molecular weight excluding hydrogens is 630 g/mol. The van der Waals surface area contributed by atoms with Gasteiger partial charge in [-0.2, -0.15) is 10.2 Å². The van der Waals surface area contributed by atoms with E-state index in [9.17, 15) is 14.4 Å². The van der Waals surface area contributed by atoms with E-state index in [0.29, 0.717) is 5.56 Å². The Hall–Kier alpha value is -3.46. The van der Waals surface area contributed by atoms with Crippen LogP contribution in [0.4, 0.5) is 4.39 Å². The molecule has 13 heteroatoms. The Labute approximate surface area is 273 Å². The summed E-state index contributed by atoms with van der Waals surface area (Å²) in [6.07, 6.45) is -1.51. The van der Waals surface area contributed by atoms with E-state index < -0.39 is 43.1 Å². The lowest BCUT2D eigenvalue weighted by molar-refractivity contribution is 0.00237. The number of carbonyl (C=O) groups excluding carboxylic acids is 2. The van der Waals surface area contributed by atoms with Gasteiger partial charge < -0.3 is 13.8 Å². The highest BCUT2D eigenvalue weighted by molar-refractivity contribution is 8.00. The largest absolute Gasteiger partial charge is 0.454 e. The van der Waals surface area contributed by atoms with Crippen LogP contribution in [0.1, 0.15) is 65.9 Å². The number of Topliss-reactive ketones (excluding diaryl/α,β-unsaturated/α-hetero) is 1. The zero-order chi connectivity index (χ0) is 33.2. The molecule has 4 rings (SSSR count). The van der Waals surface area contributed by atoms with Crippen molar-refractivity contribution >= 4 is 32.0 Å². The van der Waals surface area contributed by atoms with E-state index in [2.05, 4.69) is 11.1 Å². The van der Waals surface area contributed by atoms with E-state index in [4.69, 9.17) is 19.0 Å². The van der Waals surface area contributed by atoms with Gasteiger partial charge in [-0.25, -0.2) is 18.6 Å². The Balaban J connectivity index is 1.57. The minimum atomic E-state index is -1.78. The summed E-state index contributed by atoms with van der Waals surface area (Å²) in [4.78, 5) is 43.0. The maximum absolute atomic E-state index is 16.3. The van der Waals surface area contributed by atoms with Crippen LogP contribution in [-0.4, -0.2) is 68.8 Å². The van der Waals surface area contributed by atoms with Crippen molar-refractivity contribution in [1.29, 1.82) is 5.26 Å². The van der Waals surface area contributed by atoms with E-state index in [1.807, 2.05) is 32.4 Å². The summed E-state index contributed by atoms with van der Waals surface area (Å²) in [5.74, 6) is -0.891. The van der Waals surface area contributed by atoms with Crippen molar-refractivity contribution in [2.45, 2.75) is 75.5 Å². The van der Waals surface area contributed by atoms with Crippen molar-refractivity contribution in [1.82, 2.24) is 14.2 Å². The number of esters is 1. The minimum absolute atomic E-state index is 0.0473. The Bertz CT molecular complexity index is 1550. The molecule has 1 aliphatic rings. The molecule has 1 aliphatic heterocycles. The Morgan fingerprint density at radius 2 is 1.65 bits per heavy atom. The van der Waals surface area contributed by atoms with E-state index in [0.717, 1.165) is 16.3 Å². The Kier molecular flexibility index (Phi) is 13.0. The van der Waals surface area contributed by atoms with E-state index in [-0.39, 0.29) is 55.2 Å². The third kappa shape index (κ3) is 9.08. The first-order valence-corrected chi connectivity index (χ1v) is 17.1. The first kappa shape index (κ1) is 35.4. The predicted molar refractivity (Wildman–Crippen MR) is 175 cm³/mol. The Morgan fingerprint density at radius 1 is 1.02 bits per heavy atom. The topological polar surface area (TPSA) is 124 Å². The van der Waals surface area contributed by atoms with Crippen LogP contribution >= 0.6 is 20.3 Å². The lowest BCUT2D eigenvalue weighted by Gasteiger charge is -2.36. The van der Waals surface area contributed by atoms with Crippen LogP contribution in [-0.2, 0) is 20.2 Å². The molecule has 2 heterocycles. The SMILES string of the molecule is CC(C)N(C(C)C)P(OCCC#N)OC[C@H]1S[C@@H](n2ccc(CC(=O)c3ccccc3)nc2=O)[C@@H](F)[C@@H]1OC(=O)c1ccccc1. The summed E-state index contributed by atoms with van der Waals surface area (Å²) in [5, 5.41) is 7.26. The lowest BCUT2D eigenvalue weighted by Crippen LogP contribution is -2.38. The standard InChI is InChI=1S/C33H38FN4O6PS/c1-22(2)38(23(3)4)45(42-19-11-17-35)43-21-28-30(44-32(40)25-14-9-6-10-15-25)29(34)31(46-28)37-18-16-26(36-33(37)41)20-27(39)24-12-7-5-8-13-24/h5-10,12-16,18,22-23,28-31H,11,19-21H2,1-4H3/t28-,29+,30-,31-,45?/m1/s1. The summed E-state index contributed by atoms with van der Waals surface area (Å²) < 4.78 is 37.5. The molecule has 1 saturated heterocycles. The molecule has 1 unspecified atom stereocenters. The third-order valence-corrected chi connectivity index (χ3v) is 10.7. The van der Waals surface area contributed by atoms with Crippen LogP contribution in [0.25, 0.3) is 0 Å². The molecule has 0 radical (unpaired) electrons. The number of halogens is 1. The summed E-state index contributed by atoms with van der Waals surface area (Å²) in [6.45, 7) is 8.14. The molecule has 1 aromatic heterocycles. The van der Waals surface area contributed by atoms with Crippen molar-refractivity contribution in [2.24, 2.45) is 0 Å². The van der Waals surface area contributed by atoms with Crippen molar-refractivity contribution in [2.75, 3.05) is 13.2 Å². The fourth-order valence-electron chi connectivity index (χ4n) is 5.04. The van der Waals surface area contributed by atoms with Gasteiger partial charge in [0.2, 0.25) is 0 Å².